The van der Waals surface area contributed by atoms with Gasteiger partial charge in [0, 0.05) is 13.1 Å². The van der Waals surface area contributed by atoms with Crippen molar-refractivity contribution in [3.8, 4) is 0 Å². The van der Waals surface area contributed by atoms with Gasteiger partial charge < -0.3 is 14.4 Å². The highest BCUT2D eigenvalue weighted by molar-refractivity contribution is 7.80. The Morgan fingerprint density at radius 2 is 2.21 bits per heavy atom. The van der Waals surface area contributed by atoms with Gasteiger partial charge in [0.15, 0.2) is 0 Å². The smallest absolute Gasteiger partial charge is 0.293 e. The van der Waals surface area contributed by atoms with E-state index in [-0.39, 0.29) is 0 Å². The maximum atomic E-state index is 9.88. The Hall–Kier alpha value is -0.840. The van der Waals surface area contributed by atoms with Crippen molar-refractivity contribution in [3.63, 3.8) is 0 Å². The average Bonchev–Trinajstić information content (AvgIpc) is 2.21. The van der Waals surface area contributed by atoms with E-state index in [1.165, 1.54) is 0 Å². The predicted octanol–water partition coefficient (Wildman–Crippen LogP) is 1.19. The molecule has 0 aliphatic carbocycles. The van der Waals surface area contributed by atoms with Crippen LogP contribution in [0.5, 0.6) is 0 Å². The zero-order valence-corrected chi connectivity index (χ0v) is 9.51. The number of ether oxygens (including phenoxy) is 2. The highest BCUT2D eigenvalue weighted by atomic mass is 32.1. The van der Waals surface area contributed by atoms with Gasteiger partial charge >= 0.3 is 0 Å². The maximum Gasteiger partial charge on any atom is 0.293 e. The van der Waals surface area contributed by atoms with Gasteiger partial charge in [0.2, 0.25) is 0 Å². The molecule has 0 aromatic rings. The minimum Gasteiger partial charge on any atom is -0.474 e. The molecule has 0 saturated carbocycles. The van der Waals surface area contributed by atoms with Crippen LogP contribution in [0.3, 0.4) is 0 Å². The van der Waals surface area contributed by atoms with Crippen LogP contribution >= 0.6 is 12.2 Å². The first-order chi connectivity index (χ1) is 6.76. The van der Waals surface area contributed by atoms with Crippen molar-refractivity contribution in [2.45, 2.75) is 19.8 Å². The van der Waals surface area contributed by atoms with Crippen LogP contribution in [-0.2, 0) is 14.3 Å². The lowest BCUT2D eigenvalue weighted by Crippen LogP contribution is -2.32. The van der Waals surface area contributed by atoms with Gasteiger partial charge in [-0.15, -0.1) is 0 Å². The molecule has 0 aromatic carbocycles. The Morgan fingerprint density at radius 3 is 2.71 bits per heavy atom. The molecule has 14 heavy (non-hydrogen) atoms. The molecule has 0 aromatic heterocycles. The topological polar surface area (TPSA) is 38.8 Å². The first-order valence-electron chi connectivity index (χ1n) is 4.64. The third-order valence-corrected chi connectivity index (χ3v) is 2.11. The molecule has 0 aliphatic heterocycles. The molecule has 0 rings (SSSR count). The summed E-state index contributed by atoms with van der Waals surface area (Å²) in [7, 11) is 1.56. The Kier molecular flexibility index (Phi) is 8.22. The molecule has 0 amide bonds. The van der Waals surface area contributed by atoms with Crippen LogP contribution in [0.4, 0.5) is 0 Å². The highest BCUT2D eigenvalue weighted by Crippen LogP contribution is 1.98. The van der Waals surface area contributed by atoms with Gasteiger partial charge in [0.05, 0.1) is 13.7 Å². The molecule has 0 radical (unpaired) electrons. The zero-order valence-electron chi connectivity index (χ0n) is 8.69. The van der Waals surface area contributed by atoms with E-state index in [1.807, 2.05) is 4.90 Å². The molecule has 82 valence electrons. The van der Waals surface area contributed by atoms with Crippen molar-refractivity contribution in [1.82, 2.24) is 4.90 Å². The fourth-order valence-corrected chi connectivity index (χ4v) is 1.26. The van der Waals surface area contributed by atoms with Crippen LogP contribution in [0.15, 0.2) is 0 Å². The highest BCUT2D eigenvalue weighted by Gasteiger charge is 2.07. The molecule has 0 aliphatic rings. The largest absolute Gasteiger partial charge is 0.474 e. The summed E-state index contributed by atoms with van der Waals surface area (Å²) in [5.74, 6) is 0. The van der Waals surface area contributed by atoms with Crippen molar-refractivity contribution in [1.29, 1.82) is 0 Å². The van der Waals surface area contributed by atoms with Gasteiger partial charge in [-0.3, -0.25) is 4.79 Å². The molecule has 0 atom stereocenters. The predicted molar refractivity (Wildman–Crippen MR) is 58.1 cm³/mol. The summed E-state index contributed by atoms with van der Waals surface area (Å²) >= 11 is 5.01. The lowest BCUT2D eigenvalue weighted by Gasteiger charge is -2.22. The third-order valence-electron chi connectivity index (χ3n) is 1.68. The molecule has 0 bridgehead atoms. The summed E-state index contributed by atoms with van der Waals surface area (Å²) in [5, 5.41) is 0.498. The number of carbonyl (C=O) groups is 1. The number of rotatable bonds is 7. The van der Waals surface area contributed by atoms with Crippen molar-refractivity contribution in [2.75, 3.05) is 26.8 Å². The van der Waals surface area contributed by atoms with Crippen molar-refractivity contribution >= 4 is 23.9 Å². The lowest BCUT2D eigenvalue weighted by atomic mass is 10.4. The summed E-state index contributed by atoms with van der Waals surface area (Å²) in [6, 6.07) is 0. The summed E-state index contributed by atoms with van der Waals surface area (Å²) in [4.78, 5) is 11.8. The van der Waals surface area contributed by atoms with Gasteiger partial charge in [-0.05, 0) is 25.1 Å². The number of carbonyl (C=O) groups excluding carboxylic acids is 1. The summed E-state index contributed by atoms with van der Waals surface area (Å²) in [6.45, 7) is 4.59. The fraction of sp³-hybridized carbons (Fsp3) is 0.778. The molecule has 5 heteroatoms. The molecule has 0 unspecified atom stereocenters. The van der Waals surface area contributed by atoms with Crippen LogP contribution in [0.1, 0.15) is 19.8 Å². The number of hydrogen-bond acceptors (Lipinski definition) is 4. The SMILES string of the molecule is CCCN(CCCOC=O)C(=S)OC. The molecule has 4 nitrogen and oxygen atoms in total. The molecular formula is C9H17NO3S. The average molecular weight is 219 g/mol. The zero-order chi connectivity index (χ0) is 10.8. The Balaban J connectivity index is 3.72. The standard InChI is InChI=1S/C9H17NO3S/c1-3-5-10(9(14)12-2)6-4-7-13-8-11/h8H,3-7H2,1-2H3. The molecule has 0 saturated heterocycles. The van der Waals surface area contributed by atoms with E-state index in [4.69, 9.17) is 17.0 Å². The fourth-order valence-electron chi connectivity index (χ4n) is 1.08. The van der Waals surface area contributed by atoms with Crippen molar-refractivity contribution in [3.05, 3.63) is 0 Å². The maximum absolute atomic E-state index is 9.88. The second-order valence-electron chi connectivity index (χ2n) is 2.78. The van der Waals surface area contributed by atoms with Crippen LogP contribution in [0.25, 0.3) is 0 Å². The van der Waals surface area contributed by atoms with Crippen LogP contribution in [0, 0.1) is 0 Å². The summed E-state index contributed by atoms with van der Waals surface area (Å²) < 4.78 is 9.55. The Labute approximate surface area is 90.2 Å². The van der Waals surface area contributed by atoms with Gasteiger partial charge in [0.25, 0.3) is 11.6 Å². The van der Waals surface area contributed by atoms with Crippen LogP contribution in [0.2, 0.25) is 0 Å². The second kappa shape index (κ2) is 8.74. The lowest BCUT2D eigenvalue weighted by molar-refractivity contribution is -0.128. The number of thiocarbonyl (C=S) groups is 1. The van der Waals surface area contributed by atoms with Gasteiger partial charge in [0.1, 0.15) is 0 Å². The van der Waals surface area contributed by atoms with Gasteiger partial charge in [-0.25, -0.2) is 0 Å². The first kappa shape index (κ1) is 13.2. The van der Waals surface area contributed by atoms with Gasteiger partial charge in [-0.2, -0.15) is 0 Å². The third kappa shape index (κ3) is 5.75. The van der Waals surface area contributed by atoms with Gasteiger partial charge in [-0.1, -0.05) is 6.92 Å². The molecule has 0 spiro atoms. The van der Waals surface area contributed by atoms with E-state index in [0.717, 1.165) is 25.9 Å². The Bertz CT molecular complexity index is 175. The normalized spacial score (nSPS) is 9.29. The minimum absolute atomic E-state index is 0.427. The monoisotopic (exact) mass is 219 g/mol. The molecule has 0 fully saturated rings. The summed E-state index contributed by atoms with van der Waals surface area (Å²) in [6.07, 6.45) is 1.78. The van der Waals surface area contributed by atoms with E-state index in [0.29, 0.717) is 18.3 Å². The number of nitrogens with zero attached hydrogens (tertiary/aromatic N) is 1. The van der Waals surface area contributed by atoms with E-state index in [2.05, 4.69) is 11.7 Å². The van der Waals surface area contributed by atoms with Crippen LogP contribution in [-0.4, -0.2) is 43.4 Å². The van der Waals surface area contributed by atoms with E-state index in [1.54, 1.807) is 7.11 Å². The molecule has 0 N–H and O–H groups in total. The first-order valence-corrected chi connectivity index (χ1v) is 5.05. The second-order valence-corrected chi connectivity index (χ2v) is 3.13. The van der Waals surface area contributed by atoms with Crippen molar-refractivity contribution in [2.24, 2.45) is 0 Å². The van der Waals surface area contributed by atoms with Crippen LogP contribution < -0.4 is 0 Å². The van der Waals surface area contributed by atoms with E-state index >= 15 is 0 Å². The minimum atomic E-state index is 0.427. The summed E-state index contributed by atoms with van der Waals surface area (Å²) in [5.41, 5.74) is 0. The molecule has 0 heterocycles. The van der Waals surface area contributed by atoms with E-state index in [9.17, 15) is 4.79 Å². The number of hydrogen-bond donors (Lipinski definition) is 0. The quantitative estimate of drug-likeness (QED) is 0.365. The van der Waals surface area contributed by atoms with E-state index < -0.39 is 0 Å². The Morgan fingerprint density at radius 1 is 1.50 bits per heavy atom. The number of methoxy groups -OCH3 is 1. The molecular weight excluding hydrogens is 202 g/mol. The van der Waals surface area contributed by atoms with Crippen molar-refractivity contribution < 1.29 is 14.3 Å².